The van der Waals surface area contributed by atoms with Crippen molar-refractivity contribution in [2.24, 2.45) is 5.92 Å². The first-order valence-electron chi connectivity index (χ1n) is 9.17. The number of likely N-dealkylation sites (tertiary alicyclic amines) is 1. The zero-order valence-corrected chi connectivity index (χ0v) is 15.7. The molecule has 148 valence electrons. The molecule has 2 rings (SSSR count). The molecule has 8 nitrogen and oxygen atoms in total. The number of Topliss-reactive ketones (excluding diaryl/α,β-unsaturated/α-hetero) is 1. The topological polar surface area (TPSA) is 102 Å². The molecule has 4 atom stereocenters. The number of ether oxygens (including phenoxy) is 3. The first-order valence-corrected chi connectivity index (χ1v) is 9.17. The van der Waals surface area contributed by atoms with Crippen LogP contribution in [-0.4, -0.2) is 73.0 Å². The molecule has 1 amide bonds. The fourth-order valence-corrected chi connectivity index (χ4v) is 3.63. The average Bonchev–Trinajstić information content (AvgIpc) is 2.67. The summed E-state index contributed by atoms with van der Waals surface area (Å²) in [6.07, 6.45) is 3.32. The Morgan fingerprint density at radius 2 is 1.92 bits per heavy atom. The number of methoxy groups -OCH3 is 2. The SMILES string of the molecule is COCC[C@@H]1CC[C@@H](C)[C@](O)(C(=O)C(=O)N2CCCC[C@H]2C(=O)OC)O1. The van der Waals surface area contributed by atoms with E-state index in [4.69, 9.17) is 14.2 Å². The Bertz CT molecular complexity index is 536. The number of hydrogen-bond acceptors (Lipinski definition) is 7. The maximum absolute atomic E-state index is 12.9. The van der Waals surface area contributed by atoms with Crippen molar-refractivity contribution in [3.63, 3.8) is 0 Å². The van der Waals surface area contributed by atoms with E-state index in [-0.39, 0.29) is 12.6 Å². The molecule has 0 aromatic rings. The van der Waals surface area contributed by atoms with Gasteiger partial charge in [-0.15, -0.1) is 0 Å². The number of amides is 1. The molecule has 2 aliphatic heterocycles. The van der Waals surface area contributed by atoms with Gasteiger partial charge in [0, 0.05) is 26.2 Å². The zero-order valence-electron chi connectivity index (χ0n) is 15.7. The maximum Gasteiger partial charge on any atom is 0.328 e. The summed E-state index contributed by atoms with van der Waals surface area (Å²) in [6, 6.07) is -0.794. The Hall–Kier alpha value is -1.51. The summed E-state index contributed by atoms with van der Waals surface area (Å²) in [4.78, 5) is 38.8. The van der Waals surface area contributed by atoms with Crippen LogP contribution in [0.25, 0.3) is 0 Å². The maximum atomic E-state index is 12.9. The molecule has 0 radical (unpaired) electrons. The highest BCUT2D eigenvalue weighted by Crippen LogP contribution is 2.35. The molecule has 2 aliphatic rings. The highest BCUT2D eigenvalue weighted by Gasteiger charge is 2.52. The van der Waals surface area contributed by atoms with Crippen LogP contribution in [0.3, 0.4) is 0 Å². The van der Waals surface area contributed by atoms with E-state index in [1.54, 1.807) is 14.0 Å². The molecule has 0 bridgehead atoms. The summed E-state index contributed by atoms with van der Waals surface area (Å²) in [5, 5.41) is 10.9. The first kappa shape index (κ1) is 20.8. The molecule has 2 heterocycles. The minimum absolute atomic E-state index is 0.280. The Labute approximate surface area is 153 Å². The number of carbonyl (C=O) groups excluding carboxylic acids is 3. The lowest BCUT2D eigenvalue weighted by molar-refractivity contribution is -0.264. The van der Waals surface area contributed by atoms with E-state index in [1.807, 2.05) is 0 Å². The molecule has 0 aromatic carbocycles. The third-order valence-electron chi connectivity index (χ3n) is 5.34. The summed E-state index contributed by atoms with van der Waals surface area (Å²) in [5.74, 6) is -5.14. The van der Waals surface area contributed by atoms with Gasteiger partial charge in [-0.2, -0.15) is 0 Å². The summed E-state index contributed by atoms with van der Waals surface area (Å²) < 4.78 is 15.4. The Morgan fingerprint density at radius 3 is 2.58 bits per heavy atom. The second-order valence-corrected chi connectivity index (χ2v) is 7.06. The van der Waals surface area contributed by atoms with Gasteiger partial charge in [-0.1, -0.05) is 6.92 Å². The van der Waals surface area contributed by atoms with Gasteiger partial charge >= 0.3 is 5.97 Å². The highest BCUT2D eigenvalue weighted by molar-refractivity contribution is 6.39. The van der Waals surface area contributed by atoms with E-state index in [1.165, 1.54) is 12.0 Å². The molecular formula is C18H29NO7. The van der Waals surface area contributed by atoms with Gasteiger partial charge in [0.2, 0.25) is 5.79 Å². The van der Waals surface area contributed by atoms with Crippen LogP contribution in [0.5, 0.6) is 0 Å². The van der Waals surface area contributed by atoms with Crippen LogP contribution in [-0.2, 0) is 28.6 Å². The number of hydrogen-bond donors (Lipinski definition) is 1. The number of piperidine rings is 1. The van der Waals surface area contributed by atoms with Gasteiger partial charge in [0.15, 0.2) is 0 Å². The van der Waals surface area contributed by atoms with Crippen molar-refractivity contribution >= 4 is 17.7 Å². The molecule has 2 saturated heterocycles. The molecule has 0 aromatic heterocycles. The fraction of sp³-hybridized carbons (Fsp3) is 0.833. The summed E-state index contributed by atoms with van der Waals surface area (Å²) >= 11 is 0. The van der Waals surface area contributed by atoms with Crippen LogP contribution in [0.2, 0.25) is 0 Å². The minimum atomic E-state index is -2.17. The largest absolute Gasteiger partial charge is 0.467 e. The van der Waals surface area contributed by atoms with Crippen LogP contribution in [0.1, 0.15) is 45.4 Å². The second-order valence-electron chi connectivity index (χ2n) is 7.06. The van der Waals surface area contributed by atoms with Crippen molar-refractivity contribution in [1.29, 1.82) is 0 Å². The summed E-state index contributed by atoms with van der Waals surface area (Å²) in [6.45, 7) is 2.40. The second kappa shape index (κ2) is 8.92. The molecular weight excluding hydrogens is 342 g/mol. The predicted molar refractivity (Wildman–Crippen MR) is 91.1 cm³/mol. The Kier molecular flexibility index (Phi) is 7.14. The summed E-state index contributed by atoms with van der Waals surface area (Å²) in [7, 11) is 2.82. The van der Waals surface area contributed by atoms with Crippen LogP contribution >= 0.6 is 0 Å². The van der Waals surface area contributed by atoms with Gasteiger partial charge < -0.3 is 24.2 Å². The Balaban J connectivity index is 2.15. The molecule has 0 saturated carbocycles. The number of nitrogens with zero attached hydrogens (tertiary/aromatic N) is 1. The van der Waals surface area contributed by atoms with Crippen molar-refractivity contribution in [2.45, 2.75) is 63.4 Å². The fourth-order valence-electron chi connectivity index (χ4n) is 3.63. The van der Waals surface area contributed by atoms with Gasteiger partial charge in [-0.3, -0.25) is 9.59 Å². The highest BCUT2D eigenvalue weighted by atomic mass is 16.6. The molecule has 0 unspecified atom stereocenters. The van der Waals surface area contributed by atoms with Gasteiger partial charge in [0.05, 0.1) is 13.2 Å². The van der Waals surface area contributed by atoms with E-state index >= 15 is 0 Å². The van der Waals surface area contributed by atoms with E-state index in [9.17, 15) is 19.5 Å². The lowest BCUT2D eigenvalue weighted by atomic mass is 9.86. The van der Waals surface area contributed by atoms with Crippen LogP contribution in [0, 0.1) is 5.92 Å². The molecule has 1 N–H and O–H groups in total. The minimum Gasteiger partial charge on any atom is -0.467 e. The predicted octanol–water partition coefficient (Wildman–Crippen LogP) is 0.650. The lowest BCUT2D eigenvalue weighted by Gasteiger charge is -2.42. The molecule has 0 aliphatic carbocycles. The number of carbonyl (C=O) groups is 3. The molecule has 2 fully saturated rings. The van der Waals surface area contributed by atoms with Crippen LogP contribution in [0.4, 0.5) is 0 Å². The molecule has 0 spiro atoms. The van der Waals surface area contributed by atoms with Crippen molar-refractivity contribution in [3.8, 4) is 0 Å². The van der Waals surface area contributed by atoms with Gasteiger partial charge in [0.25, 0.3) is 11.7 Å². The number of rotatable bonds is 6. The van der Waals surface area contributed by atoms with Crippen molar-refractivity contribution < 1.29 is 33.7 Å². The van der Waals surface area contributed by atoms with E-state index in [2.05, 4.69) is 0 Å². The molecule has 26 heavy (non-hydrogen) atoms. The van der Waals surface area contributed by atoms with Gasteiger partial charge in [-0.25, -0.2) is 4.79 Å². The number of esters is 1. The van der Waals surface area contributed by atoms with Crippen molar-refractivity contribution in [1.82, 2.24) is 4.90 Å². The third kappa shape index (κ3) is 4.24. The first-order chi connectivity index (χ1) is 12.3. The zero-order chi connectivity index (χ0) is 19.3. The average molecular weight is 371 g/mol. The standard InChI is InChI=1S/C18H29NO7/c1-12-7-8-13(9-11-24-2)26-18(12,23)15(20)16(21)19-10-5-4-6-14(19)17(22)25-3/h12-14,23H,4-11H2,1-3H3/t12-,13+,14+,18-/m1/s1. The monoisotopic (exact) mass is 371 g/mol. The van der Waals surface area contributed by atoms with Crippen LogP contribution in [0.15, 0.2) is 0 Å². The van der Waals surface area contributed by atoms with Crippen LogP contribution < -0.4 is 0 Å². The third-order valence-corrected chi connectivity index (χ3v) is 5.34. The summed E-state index contributed by atoms with van der Waals surface area (Å²) in [5.41, 5.74) is 0. The Morgan fingerprint density at radius 1 is 1.19 bits per heavy atom. The van der Waals surface area contributed by atoms with Crippen molar-refractivity contribution in [2.75, 3.05) is 27.4 Å². The van der Waals surface area contributed by atoms with Gasteiger partial charge in [0.1, 0.15) is 6.04 Å². The lowest BCUT2D eigenvalue weighted by Crippen LogP contribution is -2.60. The van der Waals surface area contributed by atoms with Crippen molar-refractivity contribution in [3.05, 3.63) is 0 Å². The molecule has 8 heteroatoms. The number of aliphatic hydroxyl groups is 1. The normalized spacial score (nSPS) is 32.2. The quantitative estimate of drug-likeness (QED) is 0.540. The number of ketones is 1. The smallest absolute Gasteiger partial charge is 0.328 e. The van der Waals surface area contributed by atoms with E-state index < -0.39 is 35.4 Å². The van der Waals surface area contributed by atoms with E-state index in [0.29, 0.717) is 38.7 Å². The van der Waals surface area contributed by atoms with Gasteiger partial charge in [-0.05, 0) is 38.5 Å². The van der Waals surface area contributed by atoms with E-state index in [0.717, 1.165) is 6.42 Å².